The molecule has 29 heavy (non-hydrogen) atoms. The first kappa shape index (κ1) is 30.1. The van der Waals surface area contributed by atoms with E-state index in [9.17, 15) is 0 Å². The predicted molar refractivity (Wildman–Crippen MR) is 112 cm³/mol. The van der Waals surface area contributed by atoms with E-state index < -0.39 is 17.9 Å². The second kappa shape index (κ2) is 16.7. The van der Waals surface area contributed by atoms with Crippen molar-refractivity contribution in [2.45, 2.75) is 25.8 Å². The summed E-state index contributed by atoms with van der Waals surface area (Å²) < 4.78 is 19.6. The van der Waals surface area contributed by atoms with Gasteiger partial charge in [-0.05, 0) is 50.6 Å². The third-order valence-corrected chi connectivity index (χ3v) is 6.94. The van der Waals surface area contributed by atoms with Crippen LogP contribution >= 0.6 is 0 Å². The molecular weight excluding hydrogens is 420 g/mol. The van der Waals surface area contributed by atoms with Gasteiger partial charge in [-0.3, -0.25) is 0 Å². The summed E-state index contributed by atoms with van der Waals surface area (Å²) in [5.41, 5.74) is 11.6. The van der Waals surface area contributed by atoms with Crippen molar-refractivity contribution >= 4 is 17.9 Å². The molecule has 1 aromatic carbocycles. The molecule has 0 aliphatic rings. The highest BCUT2D eigenvalue weighted by atomic mass is 28.4. The summed E-state index contributed by atoms with van der Waals surface area (Å²) in [6, 6.07) is 5.50. The van der Waals surface area contributed by atoms with Gasteiger partial charge in [0.2, 0.25) is 0 Å². The average Bonchev–Trinajstić information content (AvgIpc) is 2.67. The summed E-state index contributed by atoms with van der Waals surface area (Å²) in [6.45, 7) is 2.87. The maximum absolute atomic E-state index is 9.04. The number of benzene rings is 1. The van der Waals surface area contributed by atoms with Gasteiger partial charge < -0.3 is 53.8 Å². The number of hydrogen-bond acceptors (Lipinski definition) is 11. The Morgan fingerprint density at radius 3 is 1.76 bits per heavy atom. The molecule has 13 heteroatoms. The van der Waals surface area contributed by atoms with Gasteiger partial charge >= 0.3 is 17.9 Å². The second-order valence-corrected chi connectivity index (χ2v) is 10.1. The predicted octanol–water partition coefficient (Wildman–Crippen LogP) is -0.752. The van der Waals surface area contributed by atoms with E-state index >= 15 is 0 Å². The molecule has 0 aromatic heterocycles. The van der Waals surface area contributed by atoms with Crippen LogP contribution in [0.15, 0.2) is 18.2 Å². The van der Waals surface area contributed by atoms with Crippen LogP contribution in [0.25, 0.3) is 0 Å². The Morgan fingerprint density at radius 1 is 0.897 bits per heavy atom. The number of rotatable bonds is 10. The third-order valence-electron chi connectivity index (χ3n) is 3.43. The molecule has 172 valence electrons. The van der Waals surface area contributed by atoms with Gasteiger partial charge in [0, 0.05) is 34.0 Å². The summed E-state index contributed by atoms with van der Waals surface area (Å²) in [4.78, 5) is 24.1. The average molecular weight is 457 g/mol. The van der Waals surface area contributed by atoms with Gasteiger partial charge in [-0.1, -0.05) is 6.07 Å². The number of phenols is 2. The maximum atomic E-state index is 9.04. The Labute approximate surface area is 174 Å². The number of nitrogens with two attached hydrogens (primary N) is 2. The van der Waals surface area contributed by atoms with Gasteiger partial charge in [-0.15, -0.1) is 0 Å². The lowest BCUT2D eigenvalue weighted by Crippen LogP contribution is -2.42. The van der Waals surface area contributed by atoms with Gasteiger partial charge in [0.25, 0.3) is 0 Å². The molecule has 0 amide bonds. The molecule has 0 radical (unpaired) electrons. The molecule has 1 rings (SSSR count). The highest BCUT2D eigenvalue weighted by molar-refractivity contribution is 6.60. The summed E-state index contributed by atoms with van der Waals surface area (Å²) in [5, 5.41) is 18.0. The minimum Gasteiger partial charge on any atom is -0.504 e. The van der Waals surface area contributed by atoms with Crippen molar-refractivity contribution in [2.75, 3.05) is 41.0 Å². The minimum absolute atomic E-state index is 0.0871. The molecule has 0 spiro atoms. The molecule has 0 aliphatic carbocycles. The van der Waals surface area contributed by atoms with E-state index in [1.165, 1.54) is 12.1 Å². The lowest BCUT2D eigenvalue weighted by Gasteiger charge is -2.23. The maximum Gasteiger partial charge on any atom is 0.671 e. The van der Waals surface area contributed by atoms with Crippen LogP contribution in [-0.2, 0) is 24.1 Å². The van der Waals surface area contributed by atoms with Gasteiger partial charge in [0.1, 0.15) is 0 Å². The van der Waals surface area contributed by atoms with Gasteiger partial charge in [0.05, 0.1) is 0 Å². The molecule has 0 saturated carbocycles. The number of aromatic hydroxyl groups is 2. The molecule has 0 fully saturated rings. The van der Waals surface area contributed by atoms with E-state index in [4.69, 9.17) is 49.3 Å². The smallest absolute Gasteiger partial charge is 0.504 e. The molecule has 1 aromatic rings. The Balaban J connectivity index is 0. The summed E-state index contributed by atoms with van der Waals surface area (Å²) in [7, 11) is -1.65. The fourth-order valence-electron chi connectivity index (χ4n) is 1.96. The first-order valence-electron chi connectivity index (χ1n) is 8.92. The molecule has 0 bridgehead atoms. The molecule has 0 saturated heterocycles. The van der Waals surface area contributed by atoms with Crippen molar-refractivity contribution in [1.29, 1.82) is 0 Å². The Morgan fingerprint density at radius 2 is 1.45 bits per heavy atom. The van der Waals surface area contributed by atoms with Crippen molar-refractivity contribution in [2.24, 2.45) is 11.5 Å². The highest BCUT2D eigenvalue weighted by Crippen LogP contribution is 2.24. The standard InChI is InChI=1S/C8H11NO2.C6H17NO3Si.C2H8O4Si/c9-4-3-6-1-2-7(10)8(11)5-6;1-8-11(9-2,10-3)6-4-5-7;1-2-6-7(3,4)5/h1-2,5,10-11H,3-4,9H2;4-7H2,1-3H3;3-5H,2H2,1H3. The van der Waals surface area contributed by atoms with Crippen molar-refractivity contribution in [3.63, 3.8) is 0 Å². The molecular formula is C16H36N2O9Si2. The van der Waals surface area contributed by atoms with Crippen LogP contribution in [0.2, 0.25) is 6.04 Å². The van der Waals surface area contributed by atoms with Crippen LogP contribution in [0, 0.1) is 0 Å². The third kappa shape index (κ3) is 15.4. The van der Waals surface area contributed by atoms with Crippen molar-refractivity contribution in [3.8, 4) is 11.5 Å². The van der Waals surface area contributed by atoms with Crippen molar-refractivity contribution in [1.82, 2.24) is 0 Å². The van der Waals surface area contributed by atoms with E-state index in [2.05, 4.69) is 4.43 Å². The summed E-state index contributed by atoms with van der Waals surface area (Å²) >= 11 is 0. The summed E-state index contributed by atoms with van der Waals surface area (Å²) in [6.07, 6.45) is 1.59. The zero-order valence-electron chi connectivity index (χ0n) is 17.5. The quantitative estimate of drug-likeness (QED) is 0.173. The van der Waals surface area contributed by atoms with Crippen LogP contribution in [0.1, 0.15) is 18.9 Å². The molecule has 0 unspecified atom stereocenters. The van der Waals surface area contributed by atoms with Crippen molar-refractivity contribution in [3.05, 3.63) is 23.8 Å². The van der Waals surface area contributed by atoms with E-state index in [1.807, 2.05) is 0 Å². The zero-order valence-corrected chi connectivity index (χ0v) is 19.5. The highest BCUT2D eigenvalue weighted by Gasteiger charge is 2.36. The lowest BCUT2D eigenvalue weighted by molar-refractivity contribution is 0.0687. The van der Waals surface area contributed by atoms with Crippen LogP contribution in [0.5, 0.6) is 11.5 Å². The molecule has 0 aliphatic heterocycles. The first-order valence-corrected chi connectivity index (χ1v) is 12.6. The molecule has 0 heterocycles. The monoisotopic (exact) mass is 456 g/mol. The normalized spacial score (nSPS) is 11.2. The Bertz CT molecular complexity index is 521. The van der Waals surface area contributed by atoms with Crippen LogP contribution in [-0.4, -0.2) is 83.5 Å². The van der Waals surface area contributed by atoms with Gasteiger partial charge in [-0.2, -0.15) is 0 Å². The summed E-state index contributed by atoms with van der Waals surface area (Å²) in [5.74, 6) is -0.179. The van der Waals surface area contributed by atoms with Crippen molar-refractivity contribution < 1.29 is 42.3 Å². The zero-order chi connectivity index (χ0) is 22.9. The van der Waals surface area contributed by atoms with Crippen LogP contribution < -0.4 is 11.5 Å². The molecule has 11 nitrogen and oxygen atoms in total. The molecule has 0 atom stereocenters. The minimum atomic E-state index is -4.16. The van der Waals surface area contributed by atoms with E-state index in [0.29, 0.717) is 19.5 Å². The number of phenolic OH excluding ortho intramolecular Hbond substituents is 2. The van der Waals surface area contributed by atoms with Crippen LogP contribution in [0.3, 0.4) is 0 Å². The Kier molecular flexibility index (Phi) is 17.3. The largest absolute Gasteiger partial charge is 0.671 e. The second-order valence-electron chi connectivity index (χ2n) is 5.56. The van der Waals surface area contributed by atoms with E-state index in [1.54, 1.807) is 34.3 Å². The molecule has 9 N–H and O–H groups in total. The van der Waals surface area contributed by atoms with E-state index in [0.717, 1.165) is 18.0 Å². The first-order chi connectivity index (χ1) is 13.5. The van der Waals surface area contributed by atoms with Gasteiger partial charge in [-0.25, -0.2) is 0 Å². The lowest BCUT2D eigenvalue weighted by atomic mass is 10.1. The number of hydrogen-bond donors (Lipinski definition) is 7. The topological polar surface area (TPSA) is 190 Å². The SMILES string of the molecule is CCO[Si](O)(O)O.CO[Si](CCCN)(OC)OC.NCCc1ccc(O)c(O)c1. The van der Waals surface area contributed by atoms with Gasteiger partial charge in [0.15, 0.2) is 11.5 Å². The Hall–Kier alpha value is -1.11. The fraction of sp³-hybridized carbons (Fsp3) is 0.625. The van der Waals surface area contributed by atoms with Crippen LogP contribution in [0.4, 0.5) is 0 Å². The fourth-order valence-corrected chi connectivity index (χ4v) is 4.10. The van der Waals surface area contributed by atoms with E-state index in [-0.39, 0.29) is 18.1 Å².